The summed E-state index contributed by atoms with van der Waals surface area (Å²) in [5.41, 5.74) is 0.497. The van der Waals surface area contributed by atoms with Crippen LogP contribution in [0.4, 0.5) is 36.3 Å². The Morgan fingerprint density at radius 3 is 2.48 bits per heavy atom. The number of nitro benzene ring substituents is 1. The largest absolute Gasteiger partial charge is 0.573 e. The number of hydrogen-bond donors (Lipinski definition) is 2. The van der Waals surface area contributed by atoms with E-state index in [4.69, 9.17) is 4.74 Å². The van der Waals surface area contributed by atoms with Gasteiger partial charge in [-0.25, -0.2) is 4.98 Å². The second kappa shape index (κ2) is 8.73. The van der Waals surface area contributed by atoms with Crippen molar-refractivity contribution in [2.24, 2.45) is 0 Å². The Bertz CT molecular complexity index is 1110. The van der Waals surface area contributed by atoms with Crippen molar-refractivity contribution in [2.45, 2.75) is 6.36 Å². The number of halogens is 3. The second-order valence-corrected chi connectivity index (χ2v) is 6.05. The van der Waals surface area contributed by atoms with Crippen molar-refractivity contribution in [1.29, 1.82) is 0 Å². The average molecular weight is 435 g/mol. The lowest BCUT2D eigenvalue weighted by Gasteiger charge is -2.12. The van der Waals surface area contributed by atoms with Crippen LogP contribution in [0.1, 0.15) is 0 Å². The number of alkyl halides is 3. The highest BCUT2D eigenvalue weighted by molar-refractivity contribution is 5.73. The van der Waals surface area contributed by atoms with Gasteiger partial charge in [0.2, 0.25) is 5.95 Å². The SMILES string of the molecule is CNc1nc(Nc2ccc(OC)cc2[N+](=O)[O-])cc(-c2cccc(OC(F)(F)F)c2)n1. The molecule has 0 aliphatic rings. The Morgan fingerprint density at radius 1 is 1.06 bits per heavy atom. The summed E-state index contributed by atoms with van der Waals surface area (Å²) in [6.07, 6.45) is -4.83. The summed E-state index contributed by atoms with van der Waals surface area (Å²) >= 11 is 0. The highest BCUT2D eigenvalue weighted by atomic mass is 19.4. The highest BCUT2D eigenvalue weighted by Gasteiger charge is 2.31. The summed E-state index contributed by atoms with van der Waals surface area (Å²) in [5, 5.41) is 17.0. The zero-order valence-corrected chi connectivity index (χ0v) is 16.2. The van der Waals surface area contributed by atoms with Crippen molar-refractivity contribution in [3.8, 4) is 22.8 Å². The van der Waals surface area contributed by atoms with E-state index in [0.29, 0.717) is 11.3 Å². The Balaban J connectivity index is 1.99. The molecule has 0 bridgehead atoms. The molecular weight excluding hydrogens is 419 g/mol. The Morgan fingerprint density at radius 2 is 1.84 bits per heavy atom. The molecule has 3 rings (SSSR count). The summed E-state index contributed by atoms with van der Waals surface area (Å²) < 4.78 is 46.5. The summed E-state index contributed by atoms with van der Waals surface area (Å²) in [6.45, 7) is 0. The van der Waals surface area contributed by atoms with Crippen LogP contribution in [0.3, 0.4) is 0 Å². The van der Waals surface area contributed by atoms with E-state index in [1.165, 1.54) is 43.5 Å². The van der Waals surface area contributed by atoms with Crippen LogP contribution < -0.4 is 20.1 Å². The maximum absolute atomic E-state index is 12.5. The zero-order chi connectivity index (χ0) is 22.6. The van der Waals surface area contributed by atoms with Gasteiger partial charge in [-0.05, 0) is 24.3 Å². The quantitative estimate of drug-likeness (QED) is 0.404. The number of methoxy groups -OCH3 is 1. The molecule has 0 spiro atoms. The van der Waals surface area contributed by atoms with Crippen molar-refractivity contribution in [3.05, 3.63) is 58.6 Å². The van der Waals surface area contributed by atoms with Crippen molar-refractivity contribution in [1.82, 2.24) is 9.97 Å². The number of nitro groups is 1. The van der Waals surface area contributed by atoms with E-state index in [1.807, 2.05) is 0 Å². The molecule has 2 N–H and O–H groups in total. The molecule has 12 heteroatoms. The number of anilines is 3. The molecule has 0 atom stereocenters. The first-order chi connectivity index (χ1) is 14.7. The smallest absolute Gasteiger partial charge is 0.496 e. The number of aromatic nitrogens is 2. The second-order valence-electron chi connectivity index (χ2n) is 6.05. The number of nitrogens with zero attached hydrogens (tertiary/aromatic N) is 3. The van der Waals surface area contributed by atoms with Crippen molar-refractivity contribution in [3.63, 3.8) is 0 Å². The van der Waals surface area contributed by atoms with Gasteiger partial charge in [0.05, 0.1) is 23.8 Å². The van der Waals surface area contributed by atoms with Crippen LogP contribution in [0, 0.1) is 10.1 Å². The molecule has 0 aliphatic heterocycles. The average Bonchev–Trinajstić information content (AvgIpc) is 2.72. The molecule has 2 aromatic carbocycles. The highest BCUT2D eigenvalue weighted by Crippen LogP contribution is 2.33. The van der Waals surface area contributed by atoms with Crippen molar-refractivity contribution in [2.75, 3.05) is 24.8 Å². The molecule has 0 unspecified atom stereocenters. The lowest BCUT2D eigenvalue weighted by molar-refractivity contribution is -0.384. The summed E-state index contributed by atoms with van der Waals surface area (Å²) in [5.74, 6) is 0.232. The minimum Gasteiger partial charge on any atom is -0.496 e. The first kappa shape index (κ1) is 21.6. The lowest BCUT2D eigenvalue weighted by atomic mass is 10.1. The Labute approximate surface area is 174 Å². The van der Waals surface area contributed by atoms with E-state index in [2.05, 4.69) is 25.3 Å². The van der Waals surface area contributed by atoms with E-state index >= 15 is 0 Å². The van der Waals surface area contributed by atoms with Crippen LogP contribution in [0.15, 0.2) is 48.5 Å². The zero-order valence-electron chi connectivity index (χ0n) is 16.2. The lowest BCUT2D eigenvalue weighted by Crippen LogP contribution is -2.17. The van der Waals surface area contributed by atoms with E-state index in [9.17, 15) is 23.3 Å². The minimum atomic E-state index is -4.83. The molecular formula is C19H16F3N5O4. The molecule has 0 radical (unpaired) electrons. The van der Waals surface area contributed by atoms with E-state index in [-0.39, 0.29) is 28.8 Å². The molecule has 0 fully saturated rings. The van der Waals surface area contributed by atoms with Crippen molar-refractivity contribution < 1.29 is 27.6 Å². The Hall–Kier alpha value is -4.09. The molecule has 0 saturated carbocycles. The normalized spacial score (nSPS) is 11.0. The summed E-state index contributed by atoms with van der Waals surface area (Å²) in [4.78, 5) is 19.3. The maximum Gasteiger partial charge on any atom is 0.573 e. The van der Waals surface area contributed by atoms with Gasteiger partial charge >= 0.3 is 6.36 Å². The van der Waals surface area contributed by atoms with Gasteiger partial charge in [0, 0.05) is 18.7 Å². The van der Waals surface area contributed by atoms with Gasteiger partial charge in [0.25, 0.3) is 5.69 Å². The third-order valence-electron chi connectivity index (χ3n) is 3.98. The number of rotatable bonds is 7. The minimum absolute atomic E-state index is 0.145. The van der Waals surface area contributed by atoms with Crippen LogP contribution in [0.25, 0.3) is 11.3 Å². The molecule has 9 nitrogen and oxygen atoms in total. The molecule has 162 valence electrons. The first-order valence-electron chi connectivity index (χ1n) is 8.71. The van der Waals surface area contributed by atoms with Crippen LogP contribution in [-0.4, -0.2) is 35.4 Å². The number of nitrogens with one attached hydrogen (secondary N) is 2. The van der Waals surface area contributed by atoms with Crippen LogP contribution >= 0.6 is 0 Å². The molecule has 0 saturated heterocycles. The predicted molar refractivity (Wildman–Crippen MR) is 107 cm³/mol. The fraction of sp³-hybridized carbons (Fsp3) is 0.158. The van der Waals surface area contributed by atoms with Gasteiger partial charge in [0.15, 0.2) is 0 Å². The van der Waals surface area contributed by atoms with Crippen molar-refractivity contribution >= 4 is 23.1 Å². The first-order valence-corrected chi connectivity index (χ1v) is 8.71. The van der Waals surface area contributed by atoms with Crippen LogP contribution in [0.2, 0.25) is 0 Å². The number of hydrogen-bond acceptors (Lipinski definition) is 8. The van der Waals surface area contributed by atoms with Gasteiger partial charge < -0.3 is 20.1 Å². The molecule has 3 aromatic rings. The van der Waals surface area contributed by atoms with Crippen LogP contribution in [-0.2, 0) is 0 Å². The van der Waals surface area contributed by atoms with Gasteiger partial charge in [-0.15, -0.1) is 13.2 Å². The number of benzene rings is 2. The van der Waals surface area contributed by atoms with E-state index in [1.54, 1.807) is 13.1 Å². The third-order valence-corrected chi connectivity index (χ3v) is 3.98. The fourth-order valence-corrected chi connectivity index (χ4v) is 2.66. The van der Waals surface area contributed by atoms with Crippen LogP contribution in [0.5, 0.6) is 11.5 Å². The van der Waals surface area contributed by atoms with E-state index < -0.39 is 17.0 Å². The molecule has 1 heterocycles. The maximum atomic E-state index is 12.5. The molecule has 0 amide bonds. The monoisotopic (exact) mass is 435 g/mol. The number of ether oxygens (including phenoxy) is 2. The van der Waals surface area contributed by atoms with Gasteiger partial charge in [-0.2, -0.15) is 4.98 Å². The topological polar surface area (TPSA) is 111 Å². The van der Waals surface area contributed by atoms with Gasteiger partial charge in [-0.3, -0.25) is 10.1 Å². The molecule has 31 heavy (non-hydrogen) atoms. The molecule has 0 aliphatic carbocycles. The standard InChI is InChI=1S/C19H16F3N5O4/c1-23-18-25-15(11-4-3-5-13(8-11)31-19(20,21)22)10-17(26-18)24-14-7-6-12(30-2)9-16(14)27(28)29/h3-10H,1-2H3,(H2,23,24,25,26). The third kappa shape index (κ3) is 5.50. The fourth-order valence-electron chi connectivity index (χ4n) is 2.66. The summed E-state index contributed by atoms with van der Waals surface area (Å²) in [6, 6.07) is 11.0. The van der Waals surface area contributed by atoms with E-state index in [0.717, 1.165) is 6.07 Å². The molecule has 1 aromatic heterocycles. The van der Waals surface area contributed by atoms with Gasteiger partial charge in [0.1, 0.15) is 23.0 Å². The van der Waals surface area contributed by atoms with Gasteiger partial charge in [-0.1, -0.05) is 12.1 Å². The summed E-state index contributed by atoms with van der Waals surface area (Å²) in [7, 11) is 2.95. The predicted octanol–water partition coefficient (Wildman–Crippen LogP) is 4.74. The Kier molecular flexibility index (Phi) is 6.09.